The van der Waals surface area contributed by atoms with Crippen LogP contribution in [0.15, 0.2) is 66.7 Å². The molecule has 3 aromatic carbocycles. The highest BCUT2D eigenvalue weighted by Gasteiger charge is 2.28. The minimum atomic E-state index is -0.500. The van der Waals surface area contributed by atoms with Crippen molar-refractivity contribution in [2.75, 3.05) is 19.5 Å². The lowest BCUT2D eigenvalue weighted by atomic mass is 9.86. The van der Waals surface area contributed by atoms with Crippen molar-refractivity contribution in [3.8, 4) is 11.5 Å². The summed E-state index contributed by atoms with van der Waals surface area (Å²) in [5.41, 5.74) is 5.17. The maximum atomic E-state index is 13.5. The van der Waals surface area contributed by atoms with E-state index in [0.29, 0.717) is 11.4 Å². The maximum Gasteiger partial charge on any atom is 0.246 e. The zero-order chi connectivity index (χ0) is 22.5. The van der Waals surface area contributed by atoms with Crippen LogP contribution in [0, 0.1) is 6.92 Å². The van der Waals surface area contributed by atoms with Gasteiger partial charge in [0.25, 0.3) is 0 Å². The Kier molecular flexibility index (Phi) is 6.76. The first-order valence-corrected chi connectivity index (χ1v) is 11.0. The van der Waals surface area contributed by atoms with Crippen molar-refractivity contribution >= 4 is 11.6 Å². The van der Waals surface area contributed by atoms with E-state index in [2.05, 4.69) is 22.8 Å². The first kappa shape index (κ1) is 21.9. The van der Waals surface area contributed by atoms with Crippen LogP contribution < -0.4 is 20.1 Å². The molecular formula is C27H30N2O3. The van der Waals surface area contributed by atoms with Gasteiger partial charge in [0.1, 0.15) is 17.5 Å². The SMILES string of the molecule is COc1ccc2c(c1)CCCC2NC(C(=O)Nc1cc(C)ccc1OC)c1ccccc1. The summed E-state index contributed by atoms with van der Waals surface area (Å²) in [7, 11) is 3.30. The molecule has 3 aromatic rings. The molecule has 0 aromatic heterocycles. The molecule has 0 saturated heterocycles. The van der Waals surface area contributed by atoms with Gasteiger partial charge in [0.15, 0.2) is 0 Å². The van der Waals surface area contributed by atoms with Gasteiger partial charge in [-0.2, -0.15) is 0 Å². The lowest BCUT2D eigenvalue weighted by molar-refractivity contribution is -0.118. The van der Waals surface area contributed by atoms with Gasteiger partial charge >= 0.3 is 0 Å². The Bertz CT molecular complexity index is 1080. The maximum absolute atomic E-state index is 13.5. The average molecular weight is 431 g/mol. The van der Waals surface area contributed by atoms with E-state index in [1.807, 2.05) is 61.5 Å². The molecule has 166 valence electrons. The Labute approximate surface area is 189 Å². The molecule has 0 heterocycles. The van der Waals surface area contributed by atoms with Crippen molar-refractivity contribution in [3.63, 3.8) is 0 Å². The monoisotopic (exact) mass is 430 g/mol. The number of hydrogen-bond donors (Lipinski definition) is 2. The fraction of sp³-hybridized carbons (Fsp3) is 0.296. The van der Waals surface area contributed by atoms with E-state index in [1.165, 1.54) is 11.1 Å². The molecule has 0 aliphatic heterocycles. The summed E-state index contributed by atoms with van der Waals surface area (Å²) in [6.45, 7) is 2.00. The highest BCUT2D eigenvalue weighted by Crippen LogP contribution is 2.34. The summed E-state index contributed by atoms with van der Waals surface area (Å²) in [5, 5.41) is 6.73. The number of amides is 1. The van der Waals surface area contributed by atoms with E-state index in [0.717, 1.165) is 36.1 Å². The summed E-state index contributed by atoms with van der Waals surface area (Å²) in [4.78, 5) is 13.5. The van der Waals surface area contributed by atoms with E-state index in [1.54, 1.807) is 14.2 Å². The summed E-state index contributed by atoms with van der Waals surface area (Å²) >= 11 is 0. The number of ether oxygens (including phenoxy) is 2. The van der Waals surface area contributed by atoms with Gasteiger partial charge in [-0.15, -0.1) is 0 Å². The minimum Gasteiger partial charge on any atom is -0.497 e. The molecule has 0 spiro atoms. The summed E-state index contributed by atoms with van der Waals surface area (Å²) in [6.07, 6.45) is 3.06. The van der Waals surface area contributed by atoms with E-state index < -0.39 is 6.04 Å². The lowest BCUT2D eigenvalue weighted by Gasteiger charge is -2.31. The molecule has 1 aliphatic rings. The molecule has 32 heavy (non-hydrogen) atoms. The van der Waals surface area contributed by atoms with Crippen LogP contribution in [0.1, 0.15) is 47.2 Å². The highest BCUT2D eigenvalue weighted by molar-refractivity contribution is 5.97. The zero-order valence-electron chi connectivity index (χ0n) is 18.9. The number of nitrogens with one attached hydrogen (secondary N) is 2. The molecular weight excluding hydrogens is 400 g/mol. The molecule has 0 saturated carbocycles. The Balaban J connectivity index is 1.63. The van der Waals surface area contributed by atoms with Crippen LogP contribution in [0.25, 0.3) is 0 Å². The molecule has 2 atom stereocenters. The molecule has 5 heteroatoms. The average Bonchev–Trinajstić information content (AvgIpc) is 2.82. The normalized spacial score (nSPS) is 16.0. The fourth-order valence-corrected chi connectivity index (χ4v) is 4.39. The predicted molar refractivity (Wildman–Crippen MR) is 127 cm³/mol. The van der Waals surface area contributed by atoms with E-state index >= 15 is 0 Å². The van der Waals surface area contributed by atoms with Gasteiger partial charge in [-0.25, -0.2) is 0 Å². The van der Waals surface area contributed by atoms with Crippen LogP contribution in [0.5, 0.6) is 11.5 Å². The Hall–Kier alpha value is -3.31. The first-order chi connectivity index (χ1) is 15.6. The fourth-order valence-electron chi connectivity index (χ4n) is 4.39. The van der Waals surface area contributed by atoms with Crippen molar-refractivity contribution in [2.24, 2.45) is 0 Å². The van der Waals surface area contributed by atoms with Gasteiger partial charge in [0.05, 0.1) is 19.9 Å². The van der Waals surface area contributed by atoms with Crippen LogP contribution in [-0.4, -0.2) is 20.1 Å². The van der Waals surface area contributed by atoms with Crippen LogP contribution in [0.4, 0.5) is 5.69 Å². The van der Waals surface area contributed by atoms with Gasteiger partial charge in [0, 0.05) is 6.04 Å². The molecule has 4 rings (SSSR count). The molecule has 1 amide bonds. The van der Waals surface area contributed by atoms with Crippen LogP contribution in [-0.2, 0) is 11.2 Å². The third-order valence-corrected chi connectivity index (χ3v) is 6.04. The Morgan fingerprint density at radius 3 is 2.56 bits per heavy atom. The number of rotatable bonds is 7. The molecule has 5 nitrogen and oxygen atoms in total. The number of aryl methyl sites for hydroxylation is 2. The van der Waals surface area contributed by atoms with Crippen molar-refractivity contribution in [3.05, 3.63) is 89.0 Å². The van der Waals surface area contributed by atoms with Gasteiger partial charge in [-0.05, 0) is 72.7 Å². The smallest absolute Gasteiger partial charge is 0.246 e. The third kappa shape index (κ3) is 4.78. The second-order valence-electron chi connectivity index (χ2n) is 8.21. The number of carbonyl (C=O) groups excluding carboxylic acids is 1. The topological polar surface area (TPSA) is 59.6 Å². The second kappa shape index (κ2) is 9.88. The summed E-state index contributed by atoms with van der Waals surface area (Å²) < 4.78 is 10.9. The van der Waals surface area contributed by atoms with Crippen molar-refractivity contribution in [1.82, 2.24) is 5.32 Å². The molecule has 0 bridgehead atoms. The molecule has 2 unspecified atom stereocenters. The minimum absolute atomic E-state index is 0.0833. The van der Waals surface area contributed by atoms with Crippen LogP contribution in [0.3, 0.4) is 0 Å². The van der Waals surface area contributed by atoms with Crippen molar-refractivity contribution in [2.45, 2.75) is 38.3 Å². The standard InChI is InChI=1S/C27H30N2O3/c1-18-12-15-25(32-3)24(16-18)29-27(30)26(19-8-5-4-6-9-19)28-23-11-7-10-20-17-21(31-2)13-14-22(20)23/h4-6,8-9,12-17,23,26,28H,7,10-11H2,1-3H3,(H,29,30). The Morgan fingerprint density at radius 2 is 1.81 bits per heavy atom. The van der Waals surface area contributed by atoms with Gasteiger partial charge in [-0.3, -0.25) is 10.1 Å². The van der Waals surface area contributed by atoms with Crippen LogP contribution >= 0.6 is 0 Å². The van der Waals surface area contributed by atoms with E-state index in [4.69, 9.17) is 9.47 Å². The molecule has 0 fully saturated rings. The summed E-state index contributed by atoms with van der Waals surface area (Å²) in [6, 6.07) is 21.4. The quantitative estimate of drug-likeness (QED) is 0.530. The van der Waals surface area contributed by atoms with Crippen molar-refractivity contribution < 1.29 is 14.3 Å². The van der Waals surface area contributed by atoms with Gasteiger partial charge in [-0.1, -0.05) is 42.5 Å². The summed E-state index contributed by atoms with van der Waals surface area (Å²) in [5.74, 6) is 1.40. The zero-order valence-corrected chi connectivity index (χ0v) is 18.9. The number of methoxy groups -OCH3 is 2. The first-order valence-electron chi connectivity index (χ1n) is 11.0. The molecule has 2 N–H and O–H groups in total. The van der Waals surface area contributed by atoms with Gasteiger partial charge < -0.3 is 14.8 Å². The highest BCUT2D eigenvalue weighted by atomic mass is 16.5. The third-order valence-electron chi connectivity index (χ3n) is 6.04. The number of fused-ring (bicyclic) bond motifs is 1. The second-order valence-corrected chi connectivity index (χ2v) is 8.21. The Morgan fingerprint density at radius 1 is 1.00 bits per heavy atom. The largest absolute Gasteiger partial charge is 0.497 e. The molecule has 1 aliphatic carbocycles. The van der Waals surface area contributed by atoms with Crippen LogP contribution in [0.2, 0.25) is 0 Å². The van der Waals surface area contributed by atoms with E-state index in [9.17, 15) is 4.79 Å². The number of benzene rings is 3. The lowest BCUT2D eigenvalue weighted by Crippen LogP contribution is -2.37. The molecule has 0 radical (unpaired) electrons. The van der Waals surface area contributed by atoms with E-state index in [-0.39, 0.29) is 11.9 Å². The number of hydrogen-bond acceptors (Lipinski definition) is 4. The number of anilines is 1. The predicted octanol–water partition coefficient (Wildman–Crippen LogP) is 5.36. The van der Waals surface area contributed by atoms with Gasteiger partial charge in [0.2, 0.25) is 5.91 Å². The number of carbonyl (C=O) groups is 1. The van der Waals surface area contributed by atoms with Crippen molar-refractivity contribution in [1.29, 1.82) is 0 Å².